The molecular weight excluding hydrogens is 336 g/mol. The fraction of sp³-hybridized carbons (Fsp3) is 0.0476. The molecule has 0 saturated carbocycles. The number of benzene rings is 3. The van der Waals surface area contributed by atoms with E-state index in [9.17, 15) is 8.78 Å². The van der Waals surface area contributed by atoms with Crippen LogP contribution in [0.3, 0.4) is 0 Å². The zero-order chi connectivity index (χ0) is 17.4. The van der Waals surface area contributed by atoms with Crippen molar-refractivity contribution in [2.75, 3.05) is 5.32 Å². The predicted molar refractivity (Wildman–Crippen MR) is 99.8 cm³/mol. The SMILES string of the molecule is C=C(c1cccc(C(F)F)c1)c1ccc2c(c1)Nc1ccccc1S2. The van der Waals surface area contributed by atoms with Crippen molar-refractivity contribution in [1.29, 1.82) is 0 Å². The third-order valence-electron chi connectivity index (χ3n) is 4.19. The Morgan fingerprint density at radius 1 is 0.840 bits per heavy atom. The molecule has 0 aromatic heterocycles. The normalized spacial score (nSPS) is 12.3. The molecule has 0 unspecified atom stereocenters. The van der Waals surface area contributed by atoms with E-state index in [-0.39, 0.29) is 5.56 Å². The fourth-order valence-corrected chi connectivity index (χ4v) is 3.82. The maximum absolute atomic E-state index is 12.9. The Balaban J connectivity index is 1.67. The number of para-hydroxylation sites is 1. The summed E-state index contributed by atoms with van der Waals surface area (Å²) in [6.07, 6.45) is -2.48. The Bertz CT molecular complexity index is 966. The molecule has 3 aromatic rings. The molecule has 1 aliphatic heterocycles. The topological polar surface area (TPSA) is 12.0 Å². The average molecular weight is 351 g/mol. The number of halogens is 2. The van der Waals surface area contributed by atoms with E-state index in [1.807, 2.05) is 42.5 Å². The molecule has 0 bridgehead atoms. The maximum Gasteiger partial charge on any atom is 0.263 e. The number of alkyl halides is 2. The molecule has 0 radical (unpaired) electrons. The van der Waals surface area contributed by atoms with Crippen LogP contribution < -0.4 is 5.32 Å². The minimum absolute atomic E-state index is 0.0132. The smallest absolute Gasteiger partial charge is 0.263 e. The Morgan fingerprint density at radius 3 is 2.44 bits per heavy atom. The molecule has 1 heterocycles. The van der Waals surface area contributed by atoms with E-state index in [0.29, 0.717) is 5.56 Å². The first-order valence-electron chi connectivity index (χ1n) is 7.87. The highest BCUT2D eigenvalue weighted by atomic mass is 32.2. The first-order valence-corrected chi connectivity index (χ1v) is 8.69. The predicted octanol–water partition coefficient (Wildman–Crippen LogP) is 6.89. The number of rotatable bonds is 3. The highest BCUT2D eigenvalue weighted by Gasteiger charge is 2.16. The van der Waals surface area contributed by atoms with Gasteiger partial charge in [-0.15, -0.1) is 0 Å². The van der Waals surface area contributed by atoms with E-state index in [4.69, 9.17) is 0 Å². The second kappa shape index (κ2) is 6.37. The van der Waals surface area contributed by atoms with Gasteiger partial charge in [-0.3, -0.25) is 0 Å². The summed E-state index contributed by atoms with van der Waals surface area (Å²) in [5.74, 6) is 0. The first-order chi connectivity index (χ1) is 12.1. The molecule has 4 rings (SSSR count). The summed E-state index contributed by atoms with van der Waals surface area (Å²) < 4.78 is 25.9. The van der Waals surface area contributed by atoms with Gasteiger partial charge in [-0.25, -0.2) is 8.78 Å². The van der Waals surface area contributed by atoms with E-state index >= 15 is 0 Å². The van der Waals surface area contributed by atoms with Crippen molar-refractivity contribution in [3.63, 3.8) is 0 Å². The molecule has 0 amide bonds. The number of fused-ring (bicyclic) bond motifs is 2. The summed E-state index contributed by atoms with van der Waals surface area (Å²) in [5, 5.41) is 3.43. The highest BCUT2D eigenvalue weighted by molar-refractivity contribution is 7.99. The van der Waals surface area contributed by atoms with Gasteiger partial charge in [0.1, 0.15) is 0 Å². The van der Waals surface area contributed by atoms with Gasteiger partial charge >= 0.3 is 0 Å². The van der Waals surface area contributed by atoms with Gasteiger partial charge in [0.15, 0.2) is 0 Å². The molecule has 3 aromatic carbocycles. The van der Waals surface area contributed by atoms with Gasteiger partial charge in [-0.1, -0.05) is 54.7 Å². The van der Waals surface area contributed by atoms with Gasteiger partial charge in [-0.2, -0.15) is 0 Å². The lowest BCUT2D eigenvalue weighted by molar-refractivity contribution is 0.151. The van der Waals surface area contributed by atoms with Crippen LogP contribution in [0.4, 0.5) is 20.2 Å². The third kappa shape index (κ3) is 3.05. The van der Waals surface area contributed by atoms with Crippen molar-refractivity contribution in [2.24, 2.45) is 0 Å². The third-order valence-corrected chi connectivity index (χ3v) is 5.34. The summed E-state index contributed by atoms with van der Waals surface area (Å²) >= 11 is 1.71. The summed E-state index contributed by atoms with van der Waals surface area (Å²) in [5.41, 5.74) is 4.45. The molecule has 124 valence electrons. The standard InChI is InChI=1S/C21H15F2NS/c1-13(14-5-4-6-16(11-14)21(22)23)15-9-10-20-18(12-15)24-17-7-2-3-8-19(17)25-20/h2-12,21,24H,1H2. The lowest BCUT2D eigenvalue weighted by atomic mass is 9.97. The molecule has 0 aliphatic carbocycles. The average Bonchev–Trinajstić information content (AvgIpc) is 2.65. The van der Waals surface area contributed by atoms with Crippen LogP contribution in [0.2, 0.25) is 0 Å². The summed E-state index contributed by atoms with van der Waals surface area (Å²) in [6.45, 7) is 4.11. The Kier molecular flexibility index (Phi) is 4.06. The zero-order valence-corrected chi connectivity index (χ0v) is 14.1. The first kappa shape index (κ1) is 15.9. The molecule has 1 nitrogen and oxygen atoms in total. The number of hydrogen-bond acceptors (Lipinski definition) is 2. The fourth-order valence-electron chi connectivity index (χ4n) is 2.86. The monoisotopic (exact) mass is 351 g/mol. The van der Waals surface area contributed by atoms with E-state index in [1.54, 1.807) is 17.8 Å². The molecule has 1 aliphatic rings. The summed E-state index contributed by atoms with van der Waals surface area (Å²) in [7, 11) is 0. The zero-order valence-electron chi connectivity index (χ0n) is 13.3. The van der Waals surface area contributed by atoms with Crippen LogP contribution in [0.25, 0.3) is 5.57 Å². The van der Waals surface area contributed by atoms with Crippen molar-refractivity contribution >= 4 is 28.7 Å². The Morgan fingerprint density at radius 2 is 1.60 bits per heavy atom. The minimum Gasteiger partial charge on any atom is -0.354 e. The molecule has 0 spiro atoms. The van der Waals surface area contributed by atoms with Crippen molar-refractivity contribution in [2.45, 2.75) is 16.2 Å². The van der Waals surface area contributed by atoms with E-state index in [0.717, 1.165) is 27.4 Å². The van der Waals surface area contributed by atoms with Crippen LogP contribution in [-0.2, 0) is 0 Å². The Hall–Kier alpha value is -2.59. The largest absolute Gasteiger partial charge is 0.354 e. The van der Waals surface area contributed by atoms with E-state index in [1.165, 1.54) is 17.0 Å². The van der Waals surface area contributed by atoms with Crippen molar-refractivity contribution in [3.8, 4) is 0 Å². The van der Waals surface area contributed by atoms with Crippen LogP contribution in [-0.4, -0.2) is 0 Å². The highest BCUT2D eigenvalue weighted by Crippen LogP contribution is 2.44. The summed E-state index contributed by atoms with van der Waals surface area (Å²) in [4.78, 5) is 2.32. The van der Waals surface area contributed by atoms with Crippen molar-refractivity contribution in [1.82, 2.24) is 0 Å². The lowest BCUT2D eigenvalue weighted by Gasteiger charge is -2.21. The quantitative estimate of drug-likeness (QED) is 0.431. The molecule has 4 heteroatoms. The second-order valence-electron chi connectivity index (χ2n) is 5.84. The van der Waals surface area contributed by atoms with Gasteiger partial charge in [0.25, 0.3) is 6.43 Å². The number of anilines is 2. The molecule has 0 saturated heterocycles. The molecule has 1 N–H and O–H groups in total. The van der Waals surface area contributed by atoms with Crippen LogP contribution >= 0.6 is 11.8 Å². The van der Waals surface area contributed by atoms with Crippen molar-refractivity contribution < 1.29 is 8.78 Å². The molecule has 0 atom stereocenters. The minimum atomic E-state index is -2.48. The van der Waals surface area contributed by atoms with Gasteiger partial charge in [0.05, 0.1) is 11.4 Å². The van der Waals surface area contributed by atoms with Gasteiger partial charge in [-0.05, 0) is 47.0 Å². The van der Waals surface area contributed by atoms with Crippen molar-refractivity contribution in [3.05, 3.63) is 90.0 Å². The molecule has 0 fully saturated rings. The van der Waals surface area contributed by atoms with Gasteiger partial charge < -0.3 is 5.32 Å². The van der Waals surface area contributed by atoms with E-state index < -0.39 is 6.43 Å². The van der Waals surface area contributed by atoms with Gasteiger partial charge in [0, 0.05) is 15.4 Å². The summed E-state index contributed by atoms with van der Waals surface area (Å²) in [6, 6.07) is 20.6. The lowest BCUT2D eigenvalue weighted by Crippen LogP contribution is -2.00. The van der Waals surface area contributed by atoms with Crippen LogP contribution in [0.1, 0.15) is 23.1 Å². The Labute approximate surface area is 149 Å². The van der Waals surface area contributed by atoms with Crippen LogP contribution in [0.15, 0.2) is 83.1 Å². The van der Waals surface area contributed by atoms with Gasteiger partial charge in [0.2, 0.25) is 0 Å². The molecular formula is C21H15F2NS. The number of nitrogens with one attached hydrogen (secondary N) is 1. The van der Waals surface area contributed by atoms with Crippen LogP contribution in [0.5, 0.6) is 0 Å². The van der Waals surface area contributed by atoms with E-state index in [2.05, 4.69) is 18.0 Å². The van der Waals surface area contributed by atoms with Crippen LogP contribution in [0, 0.1) is 0 Å². The number of hydrogen-bond donors (Lipinski definition) is 1. The second-order valence-corrected chi connectivity index (χ2v) is 6.92. The molecule has 25 heavy (non-hydrogen) atoms. The maximum atomic E-state index is 12.9.